The molecule has 0 saturated heterocycles. The molecular formula is C13H15N3O. The Morgan fingerprint density at radius 2 is 2.24 bits per heavy atom. The minimum Gasteiger partial charge on any atom is -0.335 e. The summed E-state index contributed by atoms with van der Waals surface area (Å²) < 4.78 is 0. The van der Waals surface area contributed by atoms with Crippen LogP contribution in [0.3, 0.4) is 0 Å². The molecule has 0 spiro atoms. The molecule has 0 aromatic heterocycles. The van der Waals surface area contributed by atoms with Crippen LogP contribution in [0.2, 0.25) is 0 Å². The quantitative estimate of drug-likeness (QED) is 0.818. The van der Waals surface area contributed by atoms with E-state index < -0.39 is 0 Å². The summed E-state index contributed by atoms with van der Waals surface area (Å²) in [6, 6.07) is 7.60. The molecule has 88 valence electrons. The number of hydrogen-bond acceptors (Lipinski definition) is 2. The summed E-state index contributed by atoms with van der Waals surface area (Å²) in [7, 11) is 0. The first-order chi connectivity index (χ1) is 8.20. The van der Waals surface area contributed by atoms with E-state index in [4.69, 9.17) is 5.26 Å². The van der Waals surface area contributed by atoms with E-state index in [-0.39, 0.29) is 6.03 Å². The predicted molar refractivity (Wildman–Crippen MR) is 65.7 cm³/mol. The summed E-state index contributed by atoms with van der Waals surface area (Å²) in [5.41, 5.74) is 1.97. The van der Waals surface area contributed by atoms with Gasteiger partial charge in [-0.05, 0) is 37.8 Å². The maximum Gasteiger partial charge on any atom is 0.319 e. The Morgan fingerprint density at radius 3 is 2.82 bits per heavy atom. The van der Waals surface area contributed by atoms with Gasteiger partial charge in [0.15, 0.2) is 0 Å². The fraction of sp³-hybridized carbons (Fsp3) is 0.385. The largest absolute Gasteiger partial charge is 0.335 e. The Hall–Kier alpha value is -2.02. The maximum atomic E-state index is 11.7. The number of benzene rings is 1. The maximum absolute atomic E-state index is 11.7. The van der Waals surface area contributed by atoms with Crippen LogP contribution in [-0.2, 0) is 0 Å². The van der Waals surface area contributed by atoms with E-state index in [9.17, 15) is 4.79 Å². The lowest BCUT2D eigenvalue weighted by molar-refractivity contribution is 0.240. The molecular weight excluding hydrogens is 214 g/mol. The van der Waals surface area contributed by atoms with E-state index in [0.29, 0.717) is 17.3 Å². The molecule has 1 aliphatic carbocycles. The van der Waals surface area contributed by atoms with Crippen LogP contribution in [0.1, 0.15) is 30.4 Å². The second-order valence-electron chi connectivity index (χ2n) is 4.34. The third-order valence-electron chi connectivity index (χ3n) is 3.07. The zero-order chi connectivity index (χ0) is 12.3. The van der Waals surface area contributed by atoms with Crippen LogP contribution in [-0.4, -0.2) is 12.1 Å². The van der Waals surface area contributed by atoms with Crippen molar-refractivity contribution in [3.8, 4) is 6.07 Å². The highest BCUT2D eigenvalue weighted by Gasteiger charge is 2.19. The van der Waals surface area contributed by atoms with Crippen molar-refractivity contribution >= 4 is 11.7 Å². The van der Waals surface area contributed by atoms with Crippen molar-refractivity contribution in [2.75, 3.05) is 5.32 Å². The number of aryl methyl sites for hydroxylation is 1. The summed E-state index contributed by atoms with van der Waals surface area (Å²) in [5, 5.41) is 14.6. The third kappa shape index (κ3) is 2.56. The van der Waals surface area contributed by atoms with E-state index in [0.717, 1.165) is 18.4 Å². The molecule has 2 amide bonds. The first-order valence-corrected chi connectivity index (χ1v) is 5.78. The van der Waals surface area contributed by atoms with Crippen LogP contribution in [0.15, 0.2) is 18.2 Å². The molecule has 2 N–H and O–H groups in total. The highest BCUT2D eigenvalue weighted by molar-refractivity contribution is 5.91. The Bertz CT molecular complexity index is 472. The van der Waals surface area contributed by atoms with Crippen molar-refractivity contribution < 1.29 is 4.79 Å². The van der Waals surface area contributed by atoms with Crippen LogP contribution in [0, 0.1) is 18.3 Å². The van der Waals surface area contributed by atoms with Crippen molar-refractivity contribution in [3.05, 3.63) is 29.3 Å². The Labute approximate surface area is 101 Å². The van der Waals surface area contributed by atoms with Crippen LogP contribution in [0.25, 0.3) is 0 Å². The number of anilines is 1. The highest BCUT2D eigenvalue weighted by atomic mass is 16.2. The van der Waals surface area contributed by atoms with Crippen molar-refractivity contribution in [3.63, 3.8) is 0 Å². The van der Waals surface area contributed by atoms with Gasteiger partial charge in [-0.3, -0.25) is 0 Å². The van der Waals surface area contributed by atoms with E-state index >= 15 is 0 Å². The van der Waals surface area contributed by atoms with Gasteiger partial charge >= 0.3 is 6.03 Å². The van der Waals surface area contributed by atoms with Crippen LogP contribution >= 0.6 is 0 Å². The van der Waals surface area contributed by atoms with Crippen LogP contribution in [0.5, 0.6) is 0 Å². The molecule has 1 saturated carbocycles. The van der Waals surface area contributed by atoms with E-state index in [2.05, 4.69) is 16.7 Å². The number of nitrogens with zero attached hydrogens (tertiary/aromatic N) is 1. The number of rotatable bonds is 2. The molecule has 0 unspecified atom stereocenters. The lowest BCUT2D eigenvalue weighted by Gasteiger charge is -2.26. The summed E-state index contributed by atoms with van der Waals surface area (Å²) >= 11 is 0. The second kappa shape index (κ2) is 4.88. The first-order valence-electron chi connectivity index (χ1n) is 5.78. The van der Waals surface area contributed by atoms with Gasteiger partial charge in [0.05, 0.1) is 11.3 Å². The highest BCUT2D eigenvalue weighted by Crippen LogP contribution is 2.20. The fourth-order valence-corrected chi connectivity index (χ4v) is 1.82. The SMILES string of the molecule is Cc1cccc(NC(=O)NC2CCC2)c1C#N. The van der Waals surface area contributed by atoms with Gasteiger partial charge in [0, 0.05) is 6.04 Å². The average molecular weight is 229 g/mol. The minimum absolute atomic E-state index is 0.225. The van der Waals surface area contributed by atoms with Gasteiger partial charge in [-0.25, -0.2) is 4.79 Å². The molecule has 2 rings (SSSR count). The van der Waals surface area contributed by atoms with Gasteiger partial charge in [-0.15, -0.1) is 0 Å². The van der Waals surface area contributed by atoms with Crippen molar-refractivity contribution in [1.29, 1.82) is 5.26 Å². The smallest absolute Gasteiger partial charge is 0.319 e. The molecule has 0 heterocycles. The molecule has 1 fully saturated rings. The van der Waals surface area contributed by atoms with Gasteiger partial charge in [-0.1, -0.05) is 12.1 Å². The summed E-state index contributed by atoms with van der Waals surface area (Å²) in [4.78, 5) is 11.7. The topological polar surface area (TPSA) is 64.9 Å². The van der Waals surface area contributed by atoms with E-state index in [1.807, 2.05) is 19.1 Å². The summed E-state index contributed by atoms with van der Waals surface area (Å²) in [6.45, 7) is 1.85. The number of urea groups is 1. The number of nitriles is 1. The molecule has 4 heteroatoms. The minimum atomic E-state index is -0.225. The monoisotopic (exact) mass is 229 g/mol. The third-order valence-corrected chi connectivity index (χ3v) is 3.07. The zero-order valence-electron chi connectivity index (χ0n) is 9.79. The molecule has 1 aliphatic rings. The molecule has 0 radical (unpaired) electrons. The molecule has 1 aromatic rings. The van der Waals surface area contributed by atoms with Gasteiger partial charge in [-0.2, -0.15) is 5.26 Å². The Kier molecular flexibility index (Phi) is 3.29. The zero-order valence-corrected chi connectivity index (χ0v) is 9.79. The summed E-state index contributed by atoms with van der Waals surface area (Å²) in [6.07, 6.45) is 3.28. The van der Waals surface area contributed by atoms with Crippen LogP contribution in [0.4, 0.5) is 10.5 Å². The molecule has 0 atom stereocenters. The number of nitrogens with one attached hydrogen (secondary N) is 2. The molecule has 0 aliphatic heterocycles. The fourth-order valence-electron chi connectivity index (χ4n) is 1.82. The van der Waals surface area contributed by atoms with Crippen molar-refractivity contribution in [2.45, 2.75) is 32.2 Å². The lowest BCUT2D eigenvalue weighted by atomic mass is 9.93. The first kappa shape index (κ1) is 11.5. The predicted octanol–water partition coefficient (Wildman–Crippen LogP) is 2.54. The number of amides is 2. The van der Waals surface area contributed by atoms with E-state index in [1.165, 1.54) is 6.42 Å². The number of carbonyl (C=O) groups is 1. The number of hydrogen-bond donors (Lipinski definition) is 2. The second-order valence-corrected chi connectivity index (χ2v) is 4.34. The van der Waals surface area contributed by atoms with Gasteiger partial charge in [0.25, 0.3) is 0 Å². The van der Waals surface area contributed by atoms with Gasteiger partial charge in [0.1, 0.15) is 6.07 Å². The summed E-state index contributed by atoms with van der Waals surface area (Å²) in [5.74, 6) is 0. The Morgan fingerprint density at radius 1 is 1.47 bits per heavy atom. The average Bonchev–Trinajstić information content (AvgIpc) is 2.24. The number of carbonyl (C=O) groups excluding carboxylic acids is 1. The standard InChI is InChI=1S/C13H15N3O/c1-9-4-2-7-12(11(9)8-14)16-13(17)15-10-5-3-6-10/h2,4,7,10H,3,5-6H2,1H3,(H2,15,16,17). The Balaban J connectivity index is 2.05. The van der Waals surface area contributed by atoms with Gasteiger partial charge < -0.3 is 10.6 Å². The molecule has 1 aromatic carbocycles. The van der Waals surface area contributed by atoms with Crippen LogP contribution < -0.4 is 10.6 Å². The molecule has 0 bridgehead atoms. The lowest BCUT2D eigenvalue weighted by Crippen LogP contribution is -2.41. The van der Waals surface area contributed by atoms with Gasteiger partial charge in [0.2, 0.25) is 0 Å². The van der Waals surface area contributed by atoms with Crippen molar-refractivity contribution in [1.82, 2.24) is 5.32 Å². The molecule has 17 heavy (non-hydrogen) atoms. The molecule has 4 nitrogen and oxygen atoms in total. The van der Waals surface area contributed by atoms with E-state index in [1.54, 1.807) is 6.07 Å². The van der Waals surface area contributed by atoms with Crippen molar-refractivity contribution in [2.24, 2.45) is 0 Å². The normalized spacial score (nSPS) is 14.6.